The quantitative estimate of drug-likeness (QED) is 0.742. The molecule has 0 bridgehead atoms. The van der Waals surface area contributed by atoms with Crippen LogP contribution in [0.15, 0.2) is 18.3 Å². The normalized spacial score (nSPS) is 11.1. The van der Waals surface area contributed by atoms with E-state index in [0.29, 0.717) is 0 Å². The fraction of sp³-hybridized carbons (Fsp3) is 0.364. The van der Waals surface area contributed by atoms with Crippen molar-refractivity contribution >= 4 is 17.2 Å². The maximum absolute atomic E-state index is 5.91. The number of imidazole rings is 1. The molecule has 2 rings (SSSR count). The molecule has 0 saturated carbocycles. The molecule has 0 unspecified atom stereocenters. The van der Waals surface area contributed by atoms with E-state index >= 15 is 0 Å². The molecule has 0 aliphatic heterocycles. The molecule has 0 saturated heterocycles. The van der Waals surface area contributed by atoms with Gasteiger partial charge in [-0.2, -0.15) is 0 Å². The smallest absolute Gasteiger partial charge is 0.138 e. The fourth-order valence-corrected chi connectivity index (χ4v) is 1.93. The summed E-state index contributed by atoms with van der Waals surface area (Å²) in [7, 11) is 0. The number of rotatable bonds is 2. The van der Waals surface area contributed by atoms with Crippen molar-refractivity contribution in [1.29, 1.82) is 0 Å². The zero-order valence-electron chi connectivity index (χ0n) is 8.42. The van der Waals surface area contributed by atoms with E-state index in [0.717, 1.165) is 23.5 Å². The number of hydrogen-bond acceptors (Lipinski definition) is 1. The number of hydrogen-bond donors (Lipinski definition) is 0. The van der Waals surface area contributed by atoms with Crippen LogP contribution in [0.4, 0.5) is 0 Å². The number of fused-ring (bicyclic) bond motifs is 1. The maximum atomic E-state index is 5.91. The van der Waals surface area contributed by atoms with Crippen molar-refractivity contribution in [1.82, 2.24) is 9.38 Å². The van der Waals surface area contributed by atoms with Gasteiger partial charge in [0.05, 0.1) is 5.69 Å². The van der Waals surface area contributed by atoms with Crippen LogP contribution < -0.4 is 0 Å². The minimum Gasteiger partial charge on any atom is -0.304 e. The van der Waals surface area contributed by atoms with Crippen LogP contribution in [0.25, 0.3) is 5.65 Å². The van der Waals surface area contributed by atoms with Crippen molar-refractivity contribution in [3.05, 3.63) is 34.7 Å². The first-order chi connectivity index (χ1) is 6.76. The van der Waals surface area contributed by atoms with Gasteiger partial charge in [0.15, 0.2) is 0 Å². The van der Waals surface area contributed by atoms with E-state index in [4.69, 9.17) is 11.6 Å². The molecular weight excluding hydrogens is 196 g/mol. The lowest BCUT2D eigenvalue weighted by Gasteiger charge is -1.99. The highest BCUT2D eigenvalue weighted by atomic mass is 35.5. The van der Waals surface area contributed by atoms with Gasteiger partial charge in [0, 0.05) is 23.0 Å². The second-order valence-corrected chi connectivity index (χ2v) is 3.72. The summed E-state index contributed by atoms with van der Waals surface area (Å²) in [6.07, 6.45) is 3.97. The Labute approximate surface area is 88.5 Å². The molecule has 0 aliphatic carbocycles. The number of pyridine rings is 1. The molecule has 2 aromatic heterocycles. The minimum absolute atomic E-state index is 0.743. The molecule has 2 aromatic rings. The number of aryl methyl sites for hydroxylation is 2. The van der Waals surface area contributed by atoms with Gasteiger partial charge in [-0.15, -0.1) is 0 Å². The summed E-state index contributed by atoms with van der Waals surface area (Å²) in [6.45, 7) is 4.28. The predicted molar refractivity (Wildman–Crippen MR) is 59.0 cm³/mol. The highest BCUT2D eigenvalue weighted by molar-refractivity contribution is 6.30. The molecule has 0 spiro atoms. The Hall–Kier alpha value is -1.02. The summed E-state index contributed by atoms with van der Waals surface area (Å²) in [6, 6.07) is 3.80. The van der Waals surface area contributed by atoms with Gasteiger partial charge in [-0.1, -0.05) is 25.4 Å². The zero-order valence-corrected chi connectivity index (χ0v) is 9.17. The van der Waals surface area contributed by atoms with E-state index < -0.39 is 0 Å². The molecule has 0 aromatic carbocycles. The molecule has 2 heterocycles. The minimum atomic E-state index is 0.743. The van der Waals surface area contributed by atoms with Gasteiger partial charge in [0.2, 0.25) is 0 Å². The summed E-state index contributed by atoms with van der Waals surface area (Å²) in [5.74, 6) is 0. The van der Waals surface area contributed by atoms with Crippen molar-refractivity contribution in [3.8, 4) is 0 Å². The predicted octanol–water partition coefficient (Wildman–Crippen LogP) is 3.11. The summed E-state index contributed by atoms with van der Waals surface area (Å²) < 4.78 is 2.12. The van der Waals surface area contributed by atoms with Crippen molar-refractivity contribution in [2.24, 2.45) is 0 Å². The van der Waals surface area contributed by atoms with Gasteiger partial charge in [-0.05, 0) is 18.9 Å². The monoisotopic (exact) mass is 208 g/mol. The molecule has 0 radical (unpaired) electrons. The van der Waals surface area contributed by atoms with E-state index in [1.807, 2.05) is 18.3 Å². The Morgan fingerprint density at radius 2 is 2.14 bits per heavy atom. The van der Waals surface area contributed by atoms with Crippen LogP contribution in [0.1, 0.15) is 25.2 Å². The van der Waals surface area contributed by atoms with Crippen LogP contribution in [0, 0.1) is 0 Å². The van der Waals surface area contributed by atoms with E-state index in [1.54, 1.807) is 0 Å². The molecule has 14 heavy (non-hydrogen) atoms. The highest BCUT2D eigenvalue weighted by Crippen LogP contribution is 2.17. The molecule has 0 atom stereocenters. The van der Waals surface area contributed by atoms with Gasteiger partial charge in [0.25, 0.3) is 0 Å². The lowest BCUT2D eigenvalue weighted by molar-refractivity contribution is 0.942. The molecule has 0 aliphatic rings. The topological polar surface area (TPSA) is 17.3 Å². The van der Waals surface area contributed by atoms with Gasteiger partial charge in [-0.25, -0.2) is 4.98 Å². The van der Waals surface area contributed by atoms with Crippen molar-refractivity contribution in [2.75, 3.05) is 0 Å². The van der Waals surface area contributed by atoms with Crippen LogP contribution in [0.3, 0.4) is 0 Å². The average Bonchev–Trinajstić information content (AvgIpc) is 2.54. The first kappa shape index (κ1) is 9.53. The Morgan fingerprint density at radius 3 is 2.79 bits per heavy atom. The third-order valence-electron chi connectivity index (χ3n) is 2.44. The second-order valence-electron chi connectivity index (χ2n) is 3.29. The Bertz CT molecular complexity index is 460. The summed E-state index contributed by atoms with van der Waals surface area (Å²) >= 11 is 5.91. The van der Waals surface area contributed by atoms with E-state index in [2.05, 4.69) is 23.2 Å². The SMILES string of the molecule is CCc1nc2cc(Cl)ccn2c1CC. The first-order valence-corrected chi connectivity index (χ1v) is 5.29. The molecule has 74 valence electrons. The lowest BCUT2D eigenvalue weighted by Crippen LogP contribution is -1.93. The van der Waals surface area contributed by atoms with Crippen molar-refractivity contribution in [2.45, 2.75) is 26.7 Å². The van der Waals surface area contributed by atoms with Crippen LogP contribution in [0.5, 0.6) is 0 Å². The van der Waals surface area contributed by atoms with Crippen molar-refractivity contribution < 1.29 is 0 Å². The van der Waals surface area contributed by atoms with Crippen LogP contribution in [0.2, 0.25) is 5.02 Å². The maximum Gasteiger partial charge on any atom is 0.138 e. The molecule has 3 heteroatoms. The standard InChI is InChI=1S/C11H13ClN2/c1-3-9-10(4-2)14-6-5-8(12)7-11(14)13-9/h5-7H,3-4H2,1-2H3. The van der Waals surface area contributed by atoms with Crippen LogP contribution in [-0.2, 0) is 12.8 Å². The molecule has 0 N–H and O–H groups in total. The van der Waals surface area contributed by atoms with Gasteiger partial charge in [0.1, 0.15) is 5.65 Å². The first-order valence-electron chi connectivity index (χ1n) is 4.91. The summed E-state index contributed by atoms with van der Waals surface area (Å²) in [4.78, 5) is 4.54. The van der Waals surface area contributed by atoms with E-state index in [9.17, 15) is 0 Å². The molecule has 0 fully saturated rings. The van der Waals surface area contributed by atoms with Crippen LogP contribution in [-0.4, -0.2) is 9.38 Å². The highest BCUT2D eigenvalue weighted by Gasteiger charge is 2.08. The van der Waals surface area contributed by atoms with Gasteiger partial charge in [-0.3, -0.25) is 0 Å². The largest absolute Gasteiger partial charge is 0.304 e. The molecule has 2 nitrogen and oxygen atoms in total. The Morgan fingerprint density at radius 1 is 1.36 bits per heavy atom. The van der Waals surface area contributed by atoms with Crippen LogP contribution >= 0.6 is 11.6 Å². The van der Waals surface area contributed by atoms with E-state index in [-0.39, 0.29) is 0 Å². The molecule has 0 amide bonds. The third-order valence-corrected chi connectivity index (χ3v) is 2.67. The summed E-state index contributed by atoms with van der Waals surface area (Å²) in [5.41, 5.74) is 3.42. The average molecular weight is 209 g/mol. The molecular formula is C11H13ClN2. The zero-order chi connectivity index (χ0) is 10.1. The number of aromatic nitrogens is 2. The Balaban J connectivity index is 2.73. The second kappa shape index (κ2) is 3.62. The number of halogens is 1. The number of nitrogens with zero attached hydrogens (tertiary/aromatic N) is 2. The Kier molecular flexibility index (Phi) is 2.46. The third kappa shape index (κ3) is 1.40. The fourth-order valence-electron chi connectivity index (χ4n) is 1.78. The lowest BCUT2D eigenvalue weighted by atomic mass is 10.2. The van der Waals surface area contributed by atoms with Crippen molar-refractivity contribution in [3.63, 3.8) is 0 Å². The van der Waals surface area contributed by atoms with E-state index in [1.165, 1.54) is 11.4 Å². The summed E-state index contributed by atoms with van der Waals surface area (Å²) in [5, 5.41) is 0.743. The van der Waals surface area contributed by atoms with Gasteiger partial charge < -0.3 is 4.40 Å². The van der Waals surface area contributed by atoms with Gasteiger partial charge >= 0.3 is 0 Å².